The van der Waals surface area contributed by atoms with Crippen molar-refractivity contribution in [3.05, 3.63) is 28.2 Å². The fourth-order valence-corrected chi connectivity index (χ4v) is 2.48. The van der Waals surface area contributed by atoms with Crippen LogP contribution in [0.3, 0.4) is 0 Å². The first-order chi connectivity index (χ1) is 9.04. The number of rotatable bonds is 4. The minimum atomic E-state index is -0.717. The fourth-order valence-electron chi connectivity index (χ4n) is 2.15. The van der Waals surface area contributed by atoms with Gasteiger partial charge in [-0.3, -0.25) is 4.79 Å². The highest BCUT2D eigenvalue weighted by atomic mass is 79.9. The average molecular weight is 333 g/mol. The molecule has 1 fully saturated rings. The molecule has 19 heavy (non-hydrogen) atoms. The Morgan fingerprint density at radius 1 is 1.42 bits per heavy atom. The molecule has 3 nitrogen and oxygen atoms in total. The molecule has 1 saturated heterocycles. The maximum absolute atomic E-state index is 13.8. The molecule has 0 saturated carbocycles. The summed E-state index contributed by atoms with van der Waals surface area (Å²) in [7, 11) is 0. The zero-order valence-electron chi connectivity index (χ0n) is 10.5. The molecule has 0 aromatic heterocycles. The number of halogens is 3. The van der Waals surface area contributed by atoms with E-state index >= 15 is 0 Å². The van der Waals surface area contributed by atoms with Crippen molar-refractivity contribution < 1.29 is 13.6 Å². The summed E-state index contributed by atoms with van der Waals surface area (Å²) in [5.41, 5.74) is 0.124. The lowest BCUT2D eigenvalue weighted by Crippen LogP contribution is -2.38. The Hall–Kier alpha value is -1.01. The number of nitrogens with one attached hydrogen (secondary N) is 1. The van der Waals surface area contributed by atoms with Crippen molar-refractivity contribution >= 4 is 27.5 Å². The second kappa shape index (κ2) is 5.96. The van der Waals surface area contributed by atoms with Crippen LogP contribution in [-0.2, 0) is 4.79 Å². The number of hydrogen-bond acceptors (Lipinski definition) is 2. The van der Waals surface area contributed by atoms with E-state index in [-0.39, 0.29) is 22.1 Å². The molecule has 0 radical (unpaired) electrons. The number of carbonyl (C=O) groups excluding carboxylic acids is 1. The van der Waals surface area contributed by atoms with Gasteiger partial charge in [0.15, 0.2) is 0 Å². The molecule has 1 aliphatic heterocycles. The SMILES string of the molecule is CCCNC1CCN(c2cc(Br)c(F)cc2F)C1=O. The molecule has 1 amide bonds. The van der Waals surface area contributed by atoms with Crippen molar-refractivity contribution in [3.8, 4) is 0 Å². The van der Waals surface area contributed by atoms with Crippen molar-refractivity contribution in [3.63, 3.8) is 0 Å². The van der Waals surface area contributed by atoms with Crippen molar-refractivity contribution in [2.24, 2.45) is 0 Å². The highest BCUT2D eigenvalue weighted by molar-refractivity contribution is 9.10. The maximum atomic E-state index is 13.8. The first kappa shape index (κ1) is 14.4. The quantitative estimate of drug-likeness (QED) is 0.860. The number of anilines is 1. The number of nitrogens with zero attached hydrogens (tertiary/aromatic N) is 1. The van der Waals surface area contributed by atoms with Gasteiger partial charge in [0.05, 0.1) is 16.2 Å². The van der Waals surface area contributed by atoms with E-state index < -0.39 is 11.6 Å². The van der Waals surface area contributed by atoms with Crippen molar-refractivity contribution in [1.82, 2.24) is 5.32 Å². The molecule has 1 N–H and O–H groups in total. The Kier molecular flexibility index (Phi) is 4.52. The molecule has 6 heteroatoms. The van der Waals surface area contributed by atoms with Crippen LogP contribution in [0.2, 0.25) is 0 Å². The van der Waals surface area contributed by atoms with Gasteiger partial charge in [-0.25, -0.2) is 8.78 Å². The zero-order valence-corrected chi connectivity index (χ0v) is 12.1. The molecule has 0 spiro atoms. The first-order valence-corrected chi connectivity index (χ1v) is 7.03. The highest BCUT2D eigenvalue weighted by Crippen LogP contribution is 2.29. The van der Waals surface area contributed by atoms with E-state index in [1.54, 1.807) is 0 Å². The van der Waals surface area contributed by atoms with E-state index in [9.17, 15) is 13.6 Å². The van der Waals surface area contributed by atoms with Crippen LogP contribution < -0.4 is 10.2 Å². The van der Waals surface area contributed by atoms with Crippen molar-refractivity contribution in [2.45, 2.75) is 25.8 Å². The van der Waals surface area contributed by atoms with Gasteiger partial charge in [-0.1, -0.05) is 6.92 Å². The average Bonchev–Trinajstić information content (AvgIpc) is 2.73. The van der Waals surface area contributed by atoms with Crippen LogP contribution in [0.25, 0.3) is 0 Å². The van der Waals surface area contributed by atoms with Gasteiger partial charge in [0.25, 0.3) is 0 Å². The van der Waals surface area contributed by atoms with Gasteiger partial charge < -0.3 is 10.2 Å². The van der Waals surface area contributed by atoms with E-state index in [2.05, 4.69) is 21.2 Å². The molecule has 1 aromatic carbocycles. The Bertz CT molecular complexity index is 496. The minimum absolute atomic E-state index is 0.124. The van der Waals surface area contributed by atoms with Gasteiger partial charge in [-0.2, -0.15) is 0 Å². The van der Waals surface area contributed by atoms with Gasteiger partial charge in [0.1, 0.15) is 11.6 Å². The second-order valence-corrected chi connectivity index (χ2v) is 5.36. The molecule has 0 bridgehead atoms. The van der Waals surface area contributed by atoms with Crippen LogP contribution in [-0.4, -0.2) is 25.0 Å². The van der Waals surface area contributed by atoms with Gasteiger partial charge in [-0.15, -0.1) is 0 Å². The van der Waals surface area contributed by atoms with Crippen LogP contribution in [0.5, 0.6) is 0 Å². The predicted octanol–water partition coefficient (Wildman–Crippen LogP) is 2.83. The predicted molar refractivity (Wildman–Crippen MR) is 73.1 cm³/mol. The van der Waals surface area contributed by atoms with Crippen LogP contribution in [0.4, 0.5) is 14.5 Å². The summed E-state index contributed by atoms with van der Waals surface area (Å²) in [4.78, 5) is 13.5. The normalized spacial score (nSPS) is 19.3. The number of amides is 1. The van der Waals surface area contributed by atoms with Crippen LogP contribution in [0.1, 0.15) is 19.8 Å². The summed E-state index contributed by atoms with van der Waals surface area (Å²) in [5, 5.41) is 3.13. The molecule has 2 rings (SSSR count). The third kappa shape index (κ3) is 2.95. The summed E-state index contributed by atoms with van der Waals surface area (Å²) in [6.07, 6.45) is 1.56. The molecule has 1 atom stereocenters. The van der Waals surface area contributed by atoms with Gasteiger partial charge in [0, 0.05) is 12.6 Å². The van der Waals surface area contributed by atoms with E-state index in [0.29, 0.717) is 13.0 Å². The Labute approximate surface area is 119 Å². The number of hydrogen-bond donors (Lipinski definition) is 1. The summed E-state index contributed by atoms with van der Waals surface area (Å²) in [6, 6.07) is 1.83. The Morgan fingerprint density at radius 2 is 2.16 bits per heavy atom. The van der Waals surface area contributed by atoms with Crippen molar-refractivity contribution in [1.29, 1.82) is 0 Å². The molecular weight excluding hydrogens is 318 g/mol. The van der Waals surface area contributed by atoms with Gasteiger partial charge in [0.2, 0.25) is 5.91 Å². The lowest BCUT2D eigenvalue weighted by Gasteiger charge is -2.18. The summed E-state index contributed by atoms with van der Waals surface area (Å²) in [6.45, 7) is 3.20. The molecular formula is C13H15BrF2N2O. The van der Waals surface area contributed by atoms with Crippen molar-refractivity contribution in [2.75, 3.05) is 18.0 Å². The molecule has 1 unspecified atom stereocenters. The maximum Gasteiger partial charge on any atom is 0.244 e. The zero-order chi connectivity index (χ0) is 14.0. The van der Waals surface area contributed by atoms with E-state index in [4.69, 9.17) is 0 Å². The molecule has 1 aliphatic rings. The monoisotopic (exact) mass is 332 g/mol. The highest BCUT2D eigenvalue weighted by Gasteiger charge is 2.33. The third-order valence-electron chi connectivity index (χ3n) is 3.13. The summed E-state index contributed by atoms with van der Waals surface area (Å²) >= 11 is 3.01. The van der Waals surface area contributed by atoms with E-state index in [1.165, 1.54) is 11.0 Å². The van der Waals surface area contributed by atoms with Crippen LogP contribution in [0, 0.1) is 11.6 Å². The smallest absolute Gasteiger partial charge is 0.244 e. The lowest BCUT2D eigenvalue weighted by molar-refractivity contribution is -0.118. The Morgan fingerprint density at radius 3 is 2.84 bits per heavy atom. The standard InChI is InChI=1S/C13H15BrF2N2O/c1-2-4-17-11-3-5-18(13(11)19)12-6-8(14)9(15)7-10(12)16/h6-7,11,17H,2-5H2,1H3. The largest absolute Gasteiger partial charge is 0.308 e. The van der Waals surface area contributed by atoms with Crippen LogP contribution >= 0.6 is 15.9 Å². The summed E-state index contributed by atoms with van der Waals surface area (Å²) < 4.78 is 27.1. The third-order valence-corrected chi connectivity index (χ3v) is 3.73. The second-order valence-electron chi connectivity index (χ2n) is 4.50. The molecule has 1 heterocycles. The molecule has 104 valence electrons. The van der Waals surface area contributed by atoms with Gasteiger partial charge >= 0.3 is 0 Å². The number of carbonyl (C=O) groups is 1. The fraction of sp³-hybridized carbons (Fsp3) is 0.462. The first-order valence-electron chi connectivity index (χ1n) is 6.24. The number of benzene rings is 1. The lowest BCUT2D eigenvalue weighted by atomic mass is 10.2. The van der Waals surface area contributed by atoms with E-state index in [1.807, 2.05) is 6.92 Å². The minimum Gasteiger partial charge on any atom is -0.308 e. The van der Waals surface area contributed by atoms with E-state index in [0.717, 1.165) is 19.0 Å². The topological polar surface area (TPSA) is 32.3 Å². The van der Waals surface area contributed by atoms with Gasteiger partial charge in [-0.05, 0) is 41.4 Å². The molecule has 0 aliphatic carbocycles. The van der Waals surface area contributed by atoms with Crippen LogP contribution in [0.15, 0.2) is 16.6 Å². The molecule has 1 aromatic rings. The summed E-state index contributed by atoms with van der Waals surface area (Å²) in [5.74, 6) is -1.55. The Balaban J connectivity index is 2.20.